The number of alkyl halides is 3. The fourth-order valence-electron chi connectivity index (χ4n) is 2.47. The van der Waals surface area contributed by atoms with Gasteiger partial charge in [0.25, 0.3) is 0 Å². The summed E-state index contributed by atoms with van der Waals surface area (Å²) < 4.78 is 69.0. The zero-order chi connectivity index (χ0) is 16.2. The van der Waals surface area contributed by atoms with E-state index in [0.717, 1.165) is 0 Å². The highest BCUT2D eigenvalue weighted by Crippen LogP contribution is 2.26. The molecule has 0 radical (unpaired) electrons. The molecule has 4 nitrogen and oxygen atoms in total. The largest absolute Gasteiger partial charge is 0.402 e. The highest BCUT2D eigenvalue weighted by Gasteiger charge is 2.40. The summed E-state index contributed by atoms with van der Waals surface area (Å²) in [5, 5.41) is 0. The maximum absolute atomic E-state index is 12.8. The number of hydrogen-bond acceptors (Lipinski definition) is 3. The second-order valence-corrected chi connectivity index (χ2v) is 7.17. The van der Waals surface area contributed by atoms with E-state index in [9.17, 15) is 21.6 Å². The quantitative estimate of drug-likeness (QED) is 0.830. The molecule has 0 amide bonds. The zero-order valence-corrected chi connectivity index (χ0v) is 12.7. The summed E-state index contributed by atoms with van der Waals surface area (Å²) in [6, 6.07) is 7.56. The van der Waals surface area contributed by atoms with Gasteiger partial charge in [0.15, 0.2) is 0 Å². The molecule has 1 heterocycles. The fourth-order valence-corrected chi connectivity index (χ4v) is 4.26. The summed E-state index contributed by atoms with van der Waals surface area (Å²) in [5.74, 6) is -0.429. The Labute approximate surface area is 127 Å². The van der Waals surface area contributed by atoms with Crippen molar-refractivity contribution in [1.82, 2.24) is 4.31 Å². The molecular weight excluding hydrogens is 319 g/mol. The van der Waals surface area contributed by atoms with Crippen LogP contribution in [0.25, 0.3) is 0 Å². The van der Waals surface area contributed by atoms with Crippen molar-refractivity contribution in [3.8, 4) is 0 Å². The third-order valence-corrected chi connectivity index (χ3v) is 5.32. The number of hydrogen-bond donors (Lipinski definition) is 0. The molecule has 0 aromatic heterocycles. The van der Waals surface area contributed by atoms with Crippen LogP contribution >= 0.6 is 0 Å². The summed E-state index contributed by atoms with van der Waals surface area (Å²) >= 11 is 0. The van der Waals surface area contributed by atoms with Crippen LogP contribution in [0.15, 0.2) is 30.3 Å². The minimum absolute atomic E-state index is 0.278. The van der Waals surface area contributed by atoms with Crippen molar-refractivity contribution >= 4 is 10.0 Å². The maximum Gasteiger partial charge on any atom is 0.402 e. The van der Waals surface area contributed by atoms with Gasteiger partial charge in [-0.3, -0.25) is 0 Å². The Kier molecular flexibility index (Phi) is 5.46. The first-order chi connectivity index (χ1) is 10.3. The van der Waals surface area contributed by atoms with Crippen LogP contribution in [0.3, 0.4) is 0 Å². The van der Waals surface area contributed by atoms with Crippen LogP contribution in [-0.4, -0.2) is 44.7 Å². The van der Waals surface area contributed by atoms with E-state index >= 15 is 0 Å². The molecule has 22 heavy (non-hydrogen) atoms. The van der Waals surface area contributed by atoms with Gasteiger partial charge in [0.1, 0.15) is 6.54 Å². The van der Waals surface area contributed by atoms with Gasteiger partial charge < -0.3 is 4.74 Å². The molecule has 0 aliphatic carbocycles. The van der Waals surface area contributed by atoms with E-state index in [1.54, 1.807) is 30.3 Å². The first-order valence-electron chi connectivity index (χ1n) is 6.96. The topological polar surface area (TPSA) is 46.6 Å². The van der Waals surface area contributed by atoms with Crippen LogP contribution in [0, 0.1) is 0 Å². The standard InChI is InChI=1S/C14H18F3NO3S/c15-14(16,17)11-18(13-6-8-21-9-7-13)22(19,20)10-12-4-2-1-3-5-12/h1-5,13H,6-11H2. The Morgan fingerprint density at radius 3 is 2.27 bits per heavy atom. The minimum atomic E-state index is -4.57. The number of halogens is 3. The smallest absolute Gasteiger partial charge is 0.381 e. The van der Waals surface area contributed by atoms with Gasteiger partial charge in [0, 0.05) is 19.3 Å². The molecule has 0 atom stereocenters. The molecule has 0 unspecified atom stereocenters. The first kappa shape index (κ1) is 17.2. The van der Waals surface area contributed by atoms with Gasteiger partial charge >= 0.3 is 6.18 Å². The fraction of sp³-hybridized carbons (Fsp3) is 0.571. The number of rotatable bonds is 5. The molecular formula is C14H18F3NO3S. The Bertz CT molecular complexity index is 569. The van der Waals surface area contributed by atoms with Crippen molar-refractivity contribution in [2.75, 3.05) is 19.8 Å². The van der Waals surface area contributed by atoms with Crippen LogP contribution in [0.1, 0.15) is 18.4 Å². The molecule has 2 rings (SSSR count). The van der Waals surface area contributed by atoms with Crippen molar-refractivity contribution in [3.63, 3.8) is 0 Å². The van der Waals surface area contributed by atoms with Crippen molar-refractivity contribution < 1.29 is 26.3 Å². The van der Waals surface area contributed by atoms with E-state index in [4.69, 9.17) is 4.74 Å². The van der Waals surface area contributed by atoms with Crippen LogP contribution < -0.4 is 0 Å². The highest BCUT2D eigenvalue weighted by atomic mass is 32.2. The Morgan fingerprint density at radius 1 is 1.14 bits per heavy atom. The molecule has 124 valence electrons. The van der Waals surface area contributed by atoms with E-state index in [1.807, 2.05) is 0 Å². The second-order valence-electron chi connectivity index (χ2n) is 5.25. The van der Waals surface area contributed by atoms with Crippen LogP contribution in [-0.2, 0) is 20.5 Å². The van der Waals surface area contributed by atoms with Gasteiger partial charge in [0.05, 0.1) is 5.75 Å². The summed E-state index contributed by atoms with van der Waals surface area (Å²) in [4.78, 5) is 0. The van der Waals surface area contributed by atoms with E-state index in [0.29, 0.717) is 9.87 Å². The Balaban J connectivity index is 2.22. The second kappa shape index (κ2) is 6.97. The molecule has 1 aromatic carbocycles. The van der Waals surface area contributed by atoms with Crippen molar-refractivity contribution in [2.24, 2.45) is 0 Å². The van der Waals surface area contributed by atoms with Crippen LogP contribution in [0.4, 0.5) is 13.2 Å². The summed E-state index contributed by atoms with van der Waals surface area (Å²) in [6.07, 6.45) is -4.00. The zero-order valence-electron chi connectivity index (χ0n) is 11.9. The molecule has 0 spiro atoms. The maximum atomic E-state index is 12.8. The van der Waals surface area contributed by atoms with E-state index in [1.165, 1.54) is 0 Å². The average Bonchev–Trinajstić information content (AvgIpc) is 2.45. The SMILES string of the molecule is O=S(=O)(Cc1ccccc1)N(CC(F)(F)F)C1CCOCC1. The Morgan fingerprint density at radius 2 is 1.73 bits per heavy atom. The lowest BCUT2D eigenvalue weighted by atomic mass is 10.1. The highest BCUT2D eigenvalue weighted by molar-refractivity contribution is 7.88. The number of benzene rings is 1. The van der Waals surface area contributed by atoms with E-state index in [-0.39, 0.29) is 26.1 Å². The molecule has 1 aliphatic rings. The van der Waals surface area contributed by atoms with Crippen molar-refractivity contribution in [2.45, 2.75) is 30.8 Å². The first-order valence-corrected chi connectivity index (χ1v) is 8.57. The Hall–Kier alpha value is -1.12. The lowest BCUT2D eigenvalue weighted by molar-refractivity contribution is -0.141. The monoisotopic (exact) mass is 337 g/mol. The lowest BCUT2D eigenvalue weighted by Crippen LogP contribution is -2.48. The molecule has 1 aliphatic heterocycles. The van der Waals surface area contributed by atoms with Gasteiger partial charge in [0.2, 0.25) is 10.0 Å². The van der Waals surface area contributed by atoms with Gasteiger partial charge in [-0.15, -0.1) is 0 Å². The van der Waals surface area contributed by atoms with Gasteiger partial charge in [-0.05, 0) is 18.4 Å². The number of sulfonamides is 1. The molecule has 0 N–H and O–H groups in total. The summed E-state index contributed by atoms with van der Waals surface area (Å²) in [5.41, 5.74) is 0.474. The van der Waals surface area contributed by atoms with E-state index in [2.05, 4.69) is 0 Å². The molecule has 1 saturated heterocycles. The van der Waals surface area contributed by atoms with Gasteiger partial charge in [-0.1, -0.05) is 30.3 Å². The van der Waals surface area contributed by atoms with E-state index < -0.39 is 34.5 Å². The van der Waals surface area contributed by atoms with Crippen LogP contribution in [0.5, 0.6) is 0 Å². The van der Waals surface area contributed by atoms with Crippen LogP contribution in [0.2, 0.25) is 0 Å². The molecule has 1 aromatic rings. The number of ether oxygens (including phenoxy) is 1. The molecule has 1 fully saturated rings. The summed E-state index contributed by atoms with van der Waals surface area (Å²) in [7, 11) is -4.05. The predicted molar refractivity (Wildman–Crippen MR) is 75.7 cm³/mol. The van der Waals surface area contributed by atoms with Crippen molar-refractivity contribution in [3.05, 3.63) is 35.9 Å². The number of nitrogens with zero attached hydrogens (tertiary/aromatic N) is 1. The third kappa shape index (κ3) is 4.96. The van der Waals surface area contributed by atoms with Gasteiger partial charge in [-0.25, -0.2) is 8.42 Å². The molecule has 0 bridgehead atoms. The third-order valence-electron chi connectivity index (χ3n) is 3.48. The van der Waals surface area contributed by atoms with Gasteiger partial charge in [-0.2, -0.15) is 17.5 Å². The summed E-state index contributed by atoms with van der Waals surface area (Å²) in [6.45, 7) is -0.896. The molecule has 8 heteroatoms. The predicted octanol–water partition coefficient (Wildman–Crippen LogP) is 2.56. The average molecular weight is 337 g/mol. The molecule has 0 saturated carbocycles. The minimum Gasteiger partial charge on any atom is -0.381 e. The normalized spacial score (nSPS) is 17.8. The lowest BCUT2D eigenvalue weighted by Gasteiger charge is -2.33. The van der Waals surface area contributed by atoms with Crippen molar-refractivity contribution in [1.29, 1.82) is 0 Å².